The van der Waals surface area contributed by atoms with Crippen molar-refractivity contribution in [1.82, 2.24) is 0 Å². The molecule has 1 nitrogen and oxygen atoms in total. The van der Waals surface area contributed by atoms with Crippen LogP contribution in [0.4, 0.5) is 0 Å². The average molecular weight is 139 g/mol. The highest BCUT2D eigenvalue weighted by atomic mass is 35.7. The quantitative estimate of drug-likeness (QED) is 0.552. The van der Waals surface area contributed by atoms with Crippen molar-refractivity contribution in [3.05, 3.63) is 12.3 Å². The van der Waals surface area contributed by atoms with Crippen LogP contribution in [0.5, 0.6) is 0 Å². The second-order valence-corrected chi connectivity index (χ2v) is 2.16. The van der Waals surface area contributed by atoms with Crippen molar-refractivity contribution in [2.75, 3.05) is 12.9 Å². The summed E-state index contributed by atoms with van der Waals surface area (Å²) in [6.07, 6.45) is 0. The zero-order valence-corrected chi connectivity index (χ0v) is 5.68. The van der Waals surface area contributed by atoms with Crippen molar-refractivity contribution in [3.8, 4) is 0 Å². The predicted octanol–water partition coefficient (Wildman–Crippen LogP) is 2.03. The van der Waals surface area contributed by atoms with Gasteiger partial charge >= 0.3 is 0 Å². The van der Waals surface area contributed by atoms with Gasteiger partial charge in [-0.3, -0.25) is 0 Å². The van der Waals surface area contributed by atoms with Gasteiger partial charge in [-0.05, 0) is 21.7 Å². The lowest BCUT2D eigenvalue weighted by Gasteiger charge is -1.96. The molecule has 0 N–H and O–H groups in total. The smallest absolute Gasteiger partial charge is 0.0995 e. The first kappa shape index (κ1) is 7.18. The zero-order valence-electron chi connectivity index (χ0n) is 4.11. The molecule has 0 aliphatic rings. The monoisotopic (exact) mass is 138 g/mol. The van der Waals surface area contributed by atoms with Crippen LogP contribution >= 0.6 is 21.7 Å². The van der Waals surface area contributed by atoms with E-state index in [9.17, 15) is 0 Å². The van der Waals surface area contributed by atoms with Crippen LogP contribution in [0, 0.1) is 0 Å². The van der Waals surface area contributed by atoms with E-state index in [1.807, 2.05) is 0 Å². The molecule has 42 valence electrons. The molecule has 0 aromatic rings. The van der Waals surface area contributed by atoms with Crippen molar-refractivity contribution < 1.29 is 4.74 Å². The number of ether oxygens (including phenoxy) is 1. The summed E-state index contributed by atoms with van der Waals surface area (Å²) >= 11 is 0. The van der Waals surface area contributed by atoms with Crippen LogP contribution in [0.15, 0.2) is 12.3 Å². The molecule has 0 aliphatic heterocycles. The molecule has 0 radical (unpaired) electrons. The number of hydrogen-bond donors (Lipinski definition) is 0. The zero-order chi connectivity index (χ0) is 5.70. The second-order valence-electron chi connectivity index (χ2n) is 0.996. The molecule has 0 unspecified atom stereocenters. The van der Waals surface area contributed by atoms with Crippen molar-refractivity contribution in [1.29, 1.82) is 0 Å². The van der Waals surface area contributed by atoms with Crippen LogP contribution in [0.25, 0.3) is 0 Å². The lowest BCUT2D eigenvalue weighted by Crippen LogP contribution is -1.83. The molecule has 7 heavy (non-hydrogen) atoms. The number of rotatable bonds is 3. The molecular formula is C4H7ClOS. The van der Waals surface area contributed by atoms with E-state index in [0.717, 1.165) is 0 Å². The maximum absolute atomic E-state index is 5.25. The SMILES string of the molecule is C=C(CSCl)OC. The van der Waals surface area contributed by atoms with Crippen LogP contribution in [0.3, 0.4) is 0 Å². The van der Waals surface area contributed by atoms with E-state index in [0.29, 0.717) is 11.5 Å². The molecule has 0 spiro atoms. The Balaban J connectivity index is 3.00. The van der Waals surface area contributed by atoms with Crippen molar-refractivity contribution in [2.24, 2.45) is 0 Å². The fourth-order valence-corrected chi connectivity index (χ4v) is 0.724. The Bertz CT molecular complexity index is 64.7. The van der Waals surface area contributed by atoms with E-state index < -0.39 is 0 Å². The number of methoxy groups -OCH3 is 1. The Morgan fingerprint density at radius 1 is 2.00 bits per heavy atom. The van der Waals surface area contributed by atoms with E-state index in [2.05, 4.69) is 6.58 Å². The first-order valence-corrected chi connectivity index (χ1v) is 3.57. The lowest BCUT2D eigenvalue weighted by molar-refractivity contribution is 0.298. The molecule has 0 saturated carbocycles. The lowest BCUT2D eigenvalue weighted by atomic mass is 10.7. The maximum atomic E-state index is 5.25. The third-order valence-electron chi connectivity index (χ3n) is 0.504. The van der Waals surface area contributed by atoms with E-state index in [4.69, 9.17) is 15.4 Å². The highest BCUT2D eigenvalue weighted by molar-refractivity contribution is 8.21. The van der Waals surface area contributed by atoms with Gasteiger partial charge < -0.3 is 4.74 Å². The van der Waals surface area contributed by atoms with Gasteiger partial charge in [-0.15, -0.1) is 0 Å². The van der Waals surface area contributed by atoms with Gasteiger partial charge in [0.2, 0.25) is 0 Å². The summed E-state index contributed by atoms with van der Waals surface area (Å²) in [4.78, 5) is 0. The van der Waals surface area contributed by atoms with Crippen molar-refractivity contribution >= 4 is 21.7 Å². The Morgan fingerprint density at radius 3 is 2.71 bits per heavy atom. The molecule has 0 saturated heterocycles. The first-order chi connectivity index (χ1) is 3.31. The molecule has 0 aromatic heterocycles. The topological polar surface area (TPSA) is 9.23 Å². The molecule has 0 amide bonds. The largest absolute Gasteiger partial charge is 0.501 e. The molecule has 0 bridgehead atoms. The number of hydrogen-bond acceptors (Lipinski definition) is 2. The molecule has 0 atom stereocenters. The predicted molar refractivity (Wildman–Crippen MR) is 34.5 cm³/mol. The minimum Gasteiger partial charge on any atom is -0.501 e. The summed E-state index contributed by atoms with van der Waals surface area (Å²) < 4.78 is 4.69. The molecule has 0 fully saturated rings. The van der Waals surface area contributed by atoms with Gasteiger partial charge in [0.05, 0.1) is 18.6 Å². The van der Waals surface area contributed by atoms with E-state index in [-0.39, 0.29) is 0 Å². The van der Waals surface area contributed by atoms with Gasteiger partial charge in [0.1, 0.15) is 0 Å². The minimum atomic E-state index is 0.665. The minimum absolute atomic E-state index is 0.665. The highest BCUT2D eigenvalue weighted by Gasteiger charge is 1.86. The fourth-order valence-electron chi connectivity index (χ4n) is 0.120. The Morgan fingerprint density at radius 2 is 2.57 bits per heavy atom. The molecule has 0 aromatic carbocycles. The van der Waals surface area contributed by atoms with Gasteiger partial charge in [-0.25, -0.2) is 0 Å². The van der Waals surface area contributed by atoms with Gasteiger partial charge in [-0.1, -0.05) is 6.58 Å². The van der Waals surface area contributed by atoms with Gasteiger partial charge in [0.15, 0.2) is 0 Å². The van der Waals surface area contributed by atoms with Crippen LogP contribution < -0.4 is 0 Å². The van der Waals surface area contributed by atoms with Gasteiger partial charge in [-0.2, -0.15) is 0 Å². The molecule has 3 heteroatoms. The van der Waals surface area contributed by atoms with E-state index in [1.165, 1.54) is 11.0 Å². The maximum Gasteiger partial charge on any atom is 0.0995 e. The highest BCUT2D eigenvalue weighted by Crippen LogP contribution is 2.09. The molecule has 0 aliphatic carbocycles. The molecule has 0 rings (SSSR count). The second kappa shape index (κ2) is 4.34. The fraction of sp³-hybridized carbons (Fsp3) is 0.500. The third-order valence-corrected chi connectivity index (χ3v) is 1.26. The molecular weight excluding hydrogens is 132 g/mol. The van der Waals surface area contributed by atoms with Crippen molar-refractivity contribution in [2.45, 2.75) is 0 Å². The standard InChI is InChI=1S/C4H7ClOS/c1-4(6-2)3-7-5/h1,3H2,2H3. The summed E-state index contributed by atoms with van der Waals surface area (Å²) in [5.41, 5.74) is 0. The van der Waals surface area contributed by atoms with Crippen LogP contribution in [0.2, 0.25) is 0 Å². The van der Waals surface area contributed by atoms with Crippen molar-refractivity contribution in [3.63, 3.8) is 0 Å². The average Bonchev–Trinajstić information content (AvgIpc) is 1.68. The van der Waals surface area contributed by atoms with E-state index >= 15 is 0 Å². The first-order valence-electron chi connectivity index (χ1n) is 1.76. The third kappa shape index (κ3) is 4.02. The van der Waals surface area contributed by atoms with Crippen LogP contribution in [-0.4, -0.2) is 12.9 Å². The Labute approximate surface area is 52.2 Å². The van der Waals surface area contributed by atoms with Crippen LogP contribution in [-0.2, 0) is 4.74 Å². The van der Waals surface area contributed by atoms with Gasteiger partial charge in [0, 0.05) is 0 Å². The summed E-state index contributed by atoms with van der Waals surface area (Å²) in [6.45, 7) is 3.54. The summed E-state index contributed by atoms with van der Waals surface area (Å²) in [7, 11) is 8.01. The summed E-state index contributed by atoms with van der Waals surface area (Å²) in [6, 6.07) is 0. The summed E-state index contributed by atoms with van der Waals surface area (Å²) in [5.74, 6) is 1.37. The summed E-state index contributed by atoms with van der Waals surface area (Å²) in [5, 5.41) is 0. The Kier molecular flexibility index (Phi) is 4.45. The molecule has 0 heterocycles. The van der Waals surface area contributed by atoms with Gasteiger partial charge in [0.25, 0.3) is 0 Å². The number of halogens is 1. The van der Waals surface area contributed by atoms with E-state index in [1.54, 1.807) is 7.11 Å². The Hall–Kier alpha value is 0.180. The normalized spacial score (nSPS) is 8.29. The van der Waals surface area contributed by atoms with Crippen LogP contribution in [0.1, 0.15) is 0 Å².